The Hall–Kier alpha value is -1.20. The Kier molecular flexibility index (Phi) is 2.29. The summed E-state index contributed by atoms with van der Waals surface area (Å²) in [5.74, 6) is 0.819. The molecular formula is C11H13N3OS. The molecule has 1 aliphatic carbocycles. The zero-order valence-electron chi connectivity index (χ0n) is 9.06. The number of nitrogens with zero attached hydrogens (tertiary/aromatic N) is 2. The first-order valence-corrected chi connectivity index (χ1v) is 6.22. The van der Waals surface area contributed by atoms with Crippen LogP contribution in [0.2, 0.25) is 0 Å². The highest BCUT2D eigenvalue weighted by Crippen LogP contribution is 2.31. The molecule has 2 aromatic rings. The highest BCUT2D eigenvalue weighted by atomic mass is 32.1. The molecule has 0 saturated heterocycles. The van der Waals surface area contributed by atoms with Crippen LogP contribution in [0.15, 0.2) is 10.6 Å². The SMILES string of the molecule is Cc1cc(-c2nc3c(s2)CC(N)CC3)no1. The van der Waals surface area contributed by atoms with E-state index in [0.29, 0.717) is 6.04 Å². The third-order valence-electron chi connectivity index (χ3n) is 2.82. The summed E-state index contributed by atoms with van der Waals surface area (Å²) in [5.41, 5.74) is 7.98. The van der Waals surface area contributed by atoms with Crippen LogP contribution >= 0.6 is 11.3 Å². The minimum atomic E-state index is 0.292. The van der Waals surface area contributed by atoms with Gasteiger partial charge in [-0.3, -0.25) is 0 Å². The minimum absolute atomic E-state index is 0.292. The number of hydrogen-bond donors (Lipinski definition) is 1. The van der Waals surface area contributed by atoms with Crippen molar-refractivity contribution in [3.8, 4) is 10.7 Å². The van der Waals surface area contributed by atoms with Crippen molar-refractivity contribution in [2.75, 3.05) is 0 Å². The maximum Gasteiger partial charge on any atom is 0.145 e. The van der Waals surface area contributed by atoms with Crippen LogP contribution in [0.25, 0.3) is 10.7 Å². The molecule has 16 heavy (non-hydrogen) atoms. The predicted molar refractivity (Wildman–Crippen MR) is 62.3 cm³/mol. The van der Waals surface area contributed by atoms with Gasteiger partial charge in [-0.15, -0.1) is 11.3 Å². The summed E-state index contributed by atoms with van der Waals surface area (Å²) in [4.78, 5) is 5.92. The van der Waals surface area contributed by atoms with E-state index < -0.39 is 0 Å². The molecule has 1 aliphatic rings. The van der Waals surface area contributed by atoms with E-state index in [1.54, 1.807) is 11.3 Å². The van der Waals surface area contributed by atoms with Crippen molar-refractivity contribution in [3.63, 3.8) is 0 Å². The van der Waals surface area contributed by atoms with E-state index in [2.05, 4.69) is 10.1 Å². The van der Waals surface area contributed by atoms with Crippen LogP contribution in [0.1, 0.15) is 22.8 Å². The number of thiazole rings is 1. The van der Waals surface area contributed by atoms with Gasteiger partial charge in [-0.2, -0.15) is 0 Å². The summed E-state index contributed by atoms with van der Waals surface area (Å²) >= 11 is 1.69. The molecule has 1 atom stereocenters. The molecule has 0 saturated carbocycles. The second-order valence-electron chi connectivity index (χ2n) is 4.21. The van der Waals surface area contributed by atoms with E-state index in [1.165, 1.54) is 10.6 Å². The molecule has 2 aromatic heterocycles. The lowest BCUT2D eigenvalue weighted by molar-refractivity contribution is 0.399. The molecule has 84 valence electrons. The number of hydrogen-bond acceptors (Lipinski definition) is 5. The van der Waals surface area contributed by atoms with Crippen LogP contribution in [0.5, 0.6) is 0 Å². The van der Waals surface area contributed by atoms with Gasteiger partial charge in [0.2, 0.25) is 0 Å². The molecule has 0 spiro atoms. The normalized spacial score (nSPS) is 19.8. The van der Waals surface area contributed by atoms with Gasteiger partial charge in [-0.05, 0) is 26.2 Å². The maximum absolute atomic E-state index is 5.95. The number of aromatic nitrogens is 2. The van der Waals surface area contributed by atoms with E-state index in [-0.39, 0.29) is 0 Å². The highest BCUT2D eigenvalue weighted by Gasteiger charge is 2.21. The molecule has 0 radical (unpaired) electrons. The van der Waals surface area contributed by atoms with E-state index in [9.17, 15) is 0 Å². The summed E-state index contributed by atoms with van der Waals surface area (Å²) in [6.07, 6.45) is 2.97. The second kappa shape index (κ2) is 3.68. The van der Waals surface area contributed by atoms with Crippen molar-refractivity contribution >= 4 is 11.3 Å². The minimum Gasteiger partial charge on any atom is -0.361 e. The van der Waals surface area contributed by atoms with Gasteiger partial charge in [0, 0.05) is 17.0 Å². The summed E-state index contributed by atoms with van der Waals surface area (Å²) in [7, 11) is 0. The Morgan fingerprint density at radius 2 is 2.44 bits per heavy atom. The molecule has 2 heterocycles. The second-order valence-corrected chi connectivity index (χ2v) is 5.30. The standard InChI is InChI=1S/C11H13N3OS/c1-6-4-9(14-15-6)11-13-8-3-2-7(12)5-10(8)16-11/h4,7H,2-3,5,12H2,1H3. The fraction of sp³-hybridized carbons (Fsp3) is 0.455. The van der Waals surface area contributed by atoms with Gasteiger partial charge in [0.25, 0.3) is 0 Å². The van der Waals surface area contributed by atoms with Gasteiger partial charge >= 0.3 is 0 Å². The molecular weight excluding hydrogens is 222 g/mol. The summed E-state index contributed by atoms with van der Waals surface area (Å²) in [5, 5.41) is 4.94. The monoisotopic (exact) mass is 235 g/mol. The number of aryl methyl sites for hydroxylation is 2. The van der Waals surface area contributed by atoms with E-state index in [4.69, 9.17) is 10.3 Å². The van der Waals surface area contributed by atoms with Crippen LogP contribution < -0.4 is 5.73 Å². The van der Waals surface area contributed by atoms with Crippen LogP contribution in [0, 0.1) is 6.92 Å². The zero-order valence-corrected chi connectivity index (χ0v) is 9.88. The molecule has 5 heteroatoms. The smallest absolute Gasteiger partial charge is 0.145 e. The molecule has 0 fully saturated rings. The molecule has 0 amide bonds. The lowest BCUT2D eigenvalue weighted by atomic mass is 9.99. The van der Waals surface area contributed by atoms with Gasteiger partial charge in [0.15, 0.2) is 0 Å². The first-order chi connectivity index (χ1) is 7.72. The first kappa shape index (κ1) is 9.99. The fourth-order valence-corrected chi connectivity index (χ4v) is 3.13. The zero-order chi connectivity index (χ0) is 11.1. The van der Waals surface area contributed by atoms with Crippen LogP contribution in [0.4, 0.5) is 0 Å². The van der Waals surface area contributed by atoms with Gasteiger partial charge in [0.05, 0.1) is 5.69 Å². The Balaban J connectivity index is 1.98. The van der Waals surface area contributed by atoms with Crippen molar-refractivity contribution < 1.29 is 4.52 Å². The molecule has 3 rings (SSSR count). The van der Waals surface area contributed by atoms with Gasteiger partial charge in [0.1, 0.15) is 16.5 Å². The van der Waals surface area contributed by atoms with E-state index in [0.717, 1.165) is 35.7 Å². The van der Waals surface area contributed by atoms with Crippen molar-refractivity contribution in [2.45, 2.75) is 32.2 Å². The van der Waals surface area contributed by atoms with Gasteiger partial charge in [-0.1, -0.05) is 5.16 Å². The lowest BCUT2D eigenvalue weighted by Gasteiger charge is -2.15. The Labute approximate surface area is 97.5 Å². The highest BCUT2D eigenvalue weighted by molar-refractivity contribution is 7.15. The quantitative estimate of drug-likeness (QED) is 0.820. The van der Waals surface area contributed by atoms with Crippen LogP contribution in [-0.2, 0) is 12.8 Å². The predicted octanol–water partition coefficient (Wildman–Crippen LogP) is 1.92. The largest absolute Gasteiger partial charge is 0.361 e. The molecule has 1 unspecified atom stereocenters. The average Bonchev–Trinajstić information content (AvgIpc) is 2.83. The molecule has 2 N–H and O–H groups in total. The van der Waals surface area contributed by atoms with E-state index in [1.807, 2.05) is 13.0 Å². The van der Waals surface area contributed by atoms with Crippen LogP contribution in [-0.4, -0.2) is 16.2 Å². The Morgan fingerprint density at radius 3 is 3.19 bits per heavy atom. The molecule has 4 nitrogen and oxygen atoms in total. The Morgan fingerprint density at radius 1 is 1.56 bits per heavy atom. The van der Waals surface area contributed by atoms with E-state index >= 15 is 0 Å². The van der Waals surface area contributed by atoms with Crippen molar-refractivity contribution in [2.24, 2.45) is 5.73 Å². The van der Waals surface area contributed by atoms with Crippen molar-refractivity contribution in [3.05, 3.63) is 22.4 Å². The first-order valence-electron chi connectivity index (χ1n) is 5.40. The molecule has 0 bridgehead atoms. The number of rotatable bonds is 1. The lowest BCUT2D eigenvalue weighted by Crippen LogP contribution is -2.26. The summed E-state index contributed by atoms with van der Waals surface area (Å²) in [6, 6.07) is 2.21. The number of fused-ring (bicyclic) bond motifs is 1. The third-order valence-corrected chi connectivity index (χ3v) is 3.97. The van der Waals surface area contributed by atoms with Crippen LogP contribution in [0.3, 0.4) is 0 Å². The Bertz CT molecular complexity index is 517. The van der Waals surface area contributed by atoms with Crippen molar-refractivity contribution in [1.29, 1.82) is 0 Å². The molecule has 0 aliphatic heterocycles. The van der Waals surface area contributed by atoms with Crippen molar-refractivity contribution in [1.82, 2.24) is 10.1 Å². The third kappa shape index (κ3) is 1.66. The molecule has 0 aromatic carbocycles. The van der Waals surface area contributed by atoms with Gasteiger partial charge < -0.3 is 10.3 Å². The van der Waals surface area contributed by atoms with Gasteiger partial charge in [-0.25, -0.2) is 4.98 Å². The maximum atomic E-state index is 5.95. The number of nitrogens with two attached hydrogens (primary N) is 1. The topological polar surface area (TPSA) is 64.9 Å². The summed E-state index contributed by atoms with van der Waals surface area (Å²) in [6.45, 7) is 1.89. The average molecular weight is 235 g/mol. The fourth-order valence-electron chi connectivity index (χ4n) is 1.98. The summed E-state index contributed by atoms with van der Waals surface area (Å²) < 4.78 is 5.06.